The predicted octanol–water partition coefficient (Wildman–Crippen LogP) is 2.40. The van der Waals surface area contributed by atoms with Crippen molar-refractivity contribution in [3.05, 3.63) is 29.8 Å². The minimum absolute atomic E-state index is 0.0805. The summed E-state index contributed by atoms with van der Waals surface area (Å²) < 4.78 is 5.72. The molecule has 146 valence electrons. The largest absolute Gasteiger partial charge is 0.491 e. The Morgan fingerprint density at radius 3 is 2.41 bits per heavy atom. The number of carbonyl (C=O) groups excluding carboxylic acids is 3. The maximum atomic E-state index is 12.5. The molecule has 3 rings (SSSR count). The van der Waals surface area contributed by atoms with Gasteiger partial charge in [-0.05, 0) is 31.4 Å². The monoisotopic (exact) mass is 372 g/mol. The lowest BCUT2D eigenvalue weighted by atomic mass is 9.81. The van der Waals surface area contributed by atoms with E-state index in [2.05, 4.69) is 0 Å². The summed E-state index contributed by atoms with van der Waals surface area (Å²) in [6.07, 6.45) is 3.79. The molecule has 0 aromatic heterocycles. The van der Waals surface area contributed by atoms with Gasteiger partial charge in [-0.3, -0.25) is 19.3 Å². The second-order valence-corrected chi connectivity index (χ2v) is 7.50. The highest BCUT2D eigenvalue weighted by Crippen LogP contribution is 2.37. The molecular weight excluding hydrogens is 344 g/mol. The van der Waals surface area contributed by atoms with Crippen molar-refractivity contribution in [1.29, 1.82) is 0 Å². The summed E-state index contributed by atoms with van der Waals surface area (Å²) in [5, 5.41) is 0. The van der Waals surface area contributed by atoms with Crippen LogP contribution in [0.4, 0.5) is 0 Å². The number of nitrogens with zero attached hydrogens (tertiary/aromatic N) is 2. The van der Waals surface area contributed by atoms with Crippen molar-refractivity contribution in [2.45, 2.75) is 39.0 Å². The molecule has 6 nitrogen and oxygen atoms in total. The average molecular weight is 372 g/mol. The molecule has 0 bridgehead atoms. The van der Waals surface area contributed by atoms with Crippen molar-refractivity contribution >= 4 is 17.7 Å². The summed E-state index contributed by atoms with van der Waals surface area (Å²) in [4.78, 5) is 40.2. The van der Waals surface area contributed by atoms with Crippen molar-refractivity contribution in [3.8, 4) is 5.75 Å². The lowest BCUT2D eigenvalue weighted by molar-refractivity contribution is -0.140. The number of likely N-dealkylation sites (tertiary alicyclic amines) is 1. The molecule has 1 aromatic carbocycles. The molecule has 0 radical (unpaired) electrons. The number of fused-ring (bicyclic) bond motifs is 1. The summed E-state index contributed by atoms with van der Waals surface area (Å²) in [6, 6.07) is 7.75. The molecule has 0 spiro atoms. The highest BCUT2D eigenvalue weighted by atomic mass is 16.5. The Labute approximate surface area is 160 Å². The first-order valence-electron chi connectivity index (χ1n) is 9.76. The third-order valence-corrected chi connectivity index (χ3v) is 5.69. The van der Waals surface area contributed by atoms with E-state index < -0.39 is 0 Å². The first-order valence-corrected chi connectivity index (χ1v) is 9.76. The minimum atomic E-state index is -0.151. The van der Waals surface area contributed by atoms with Crippen LogP contribution in [-0.4, -0.2) is 54.3 Å². The molecule has 1 aliphatic heterocycles. The van der Waals surface area contributed by atoms with Crippen LogP contribution in [0.5, 0.6) is 5.75 Å². The number of para-hydroxylation sites is 1. The predicted molar refractivity (Wildman–Crippen MR) is 101 cm³/mol. The van der Waals surface area contributed by atoms with E-state index in [1.165, 1.54) is 4.90 Å². The molecule has 1 aliphatic carbocycles. The van der Waals surface area contributed by atoms with Gasteiger partial charge in [-0.2, -0.15) is 0 Å². The highest BCUT2D eigenvalue weighted by Gasteiger charge is 2.47. The van der Waals surface area contributed by atoms with Crippen molar-refractivity contribution in [2.75, 3.05) is 26.7 Å². The van der Waals surface area contributed by atoms with Crippen LogP contribution in [0.2, 0.25) is 0 Å². The fourth-order valence-electron chi connectivity index (χ4n) is 3.99. The van der Waals surface area contributed by atoms with Gasteiger partial charge in [0.1, 0.15) is 12.4 Å². The van der Waals surface area contributed by atoms with Crippen LogP contribution in [0.3, 0.4) is 0 Å². The van der Waals surface area contributed by atoms with E-state index >= 15 is 0 Å². The molecule has 2 unspecified atom stereocenters. The van der Waals surface area contributed by atoms with Crippen molar-refractivity contribution in [3.63, 3.8) is 0 Å². The normalized spacial score (nSPS) is 21.9. The molecule has 1 saturated carbocycles. The Hall–Kier alpha value is -2.37. The number of hydrogen-bond acceptors (Lipinski definition) is 4. The van der Waals surface area contributed by atoms with Gasteiger partial charge in [0.25, 0.3) is 0 Å². The second-order valence-electron chi connectivity index (χ2n) is 7.50. The number of hydrogen-bond donors (Lipinski definition) is 0. The number of imide groups is 1. The molecule has 1 aromatic rings. The van der Waals surface area contributed by atoms with Crippen LogP contribution in [-0.2, 0) is 14.4 Å². The fourth-order valence-corrected chi connectivity index (χ4v) is 3.99. The molecule has 27 heavy (non-hydrogen) atoms. The lowest BCUT2D eigenvalue weighted by Crippen LogP contribution is -2.37. The zero-order valence-corrected chi connectivity index (χ0v) is 16.1. The highest BCUT2D eigenvalue weighted by molar-refractivity contribution is 6.05. The summed E-state index contributed by atoms with van der Waals surface area (Å²) >= 11 is 0. The molecule has 1 heterocycles. The first kappa shape index (κ1) is 19.4. The topological polar surface area (TPSA) is 66.9 Å². The van der Waals surface area contributed by atoms with Crippen LogP contribution in [0.1, 0.15) is 37.7 Å². The van der Waals surface area contributed by atoms with E-state index in [0.29, 0.717) is 13.2 Å². The number of rotatable bonds is 7. The van der Waals surface area contributed by atoms with Crippen LogP contribution >= 0.6 is 0 Å². The number of carbonyl (C=O) groups is 3. The van der Waals surface area contributed by atoms with Gasteiger partial charge >= 0.3 is 0 Å². The maximum absolute atomic E-state index is 12.5. The van der Waals surface area contributed by atoms with E-state index in [1.807, 2.05) is 31.2 Å². The lowest BCUT2D eigenvalue weighted by Gasteiger charge is -2.20. The van der Waals surface area contributed by atoms with Gasteiger partial charge in [0.05, 0.1) is 18.4 Å². The summed E-state index contributed by atoms with van der Waals surface area (Å²) in [5.41, 5.74) is 1.05. The van der Waals surface area contributed by atoms with E-state index in [1.54, 1.807) is 11.9 Å². The first-order chi connectivity index (χ1) is 13.0. The Kier molecular flexibility index (Phi) is 6.14. The number of amides is 3. The van der Waals surface area contributed by atoms with E-state index in [4.69, 9.17) is 4.74 Å². The van der Waals surface area contributed by atoms with Gasteiger partial charge in [-0.25, -0.2) is 0 Å². The average Bonchev–Trinajstić information content (AvgIpc) is 2.92. The van der Waals surface area contributed by atoms with Crippen molar-refractivity contribution in [1.82, 2.24) is 9.80 Å². The van der Waals surface area contributed by atoms with Crippen LogP contribution < -0.4 is 4.74 Å². The van der Waals surface area contributed by atoms with Gasteiger partial charge in [0.15, 0.2) is 0 Å². The van der Waals surface area contributed by atoms with E-state index in [-0.39, 0.29) is 42.5 Å². The van der Waals surface area contributed by atoms with E-state index in [0.717, 1.165) is 37.0 Å². The van der Waals surface area contributed by atoms with Gasteiger partial charge in [0.2, 0.25) is 17.7 Å². The summed E-state index contributed by atoms with van der Waals surface area (Å²) in [7, 11) is 1.72. The third-order valence-electron chi connectivity index (χ3n) is 5.69. The van der Waals surface area contributed by atoms with Gasteiger partial charge in [0, 0.05) is 20.0 Å². The molecule has 6 heteroatoms. The molecule has 2 fully saturated rings. The van der Waals surface area contributed by atoms with Crippen molar-refractivity contribution in [2.24, 2.45) is 11.8 Å². The van der Waals surface area contributed by atoms with Gasteiger partial charge in [-0.1, -0.05) is 31.0 Å². The maximum Gasteiger partial charge on any atom is 0.233 e. The number of aryl methyl sites for hydroxylation is 1. The fraction of sp³-hybridized carbons (Fsp3) is 0.571. The van der Waals surface area contributed by atoms with Gasteiger partial charge in [-0.15, -0.1) is 0 Å². The summed E-state index contributed by atoms with van der Waals surface area (Å²) in [6.45, 7) is 3.03. The third kappa shape index (κ3) is 4.31. The van der Waals surface area contributed by atoms with E-state index in [9.17, 15) is 14.4 Å². The molecule has 3 amide bonds. The Morgan fingerprint density at radius 2 is 1.78 bits per heavy atom. The summed E-state index contributed by atoms with van der Waals surface area (Å²) in [5.74, 6) is 0.266. The Bertz CT molecular complexity index is 694. The van der Waals surface area contributed by atoms with Crippen LogP contribution in [0, 0.1) is 18.8 Å². The number of ether oxygens (including phenoxy) is 1. The van der Waals surface area contributed by atoms with Crippen LogP contribution in [0.15, 0.2) is 24.3 Å². The number of likely N-dealkylation sites (N-methyl/N-ethyl adjacent to an activating group) is 1. The quantitative estimate of drug-likeness (QED) is 0.690. The SMILES string of the molecule is Cc1ccccc1OCCN(C)C(=O)CCN1C(=O)C2CCCCC2C1=O. The Morgan fingerprint density at radius 1 is 1.15 bits per heavy atom. The second kappa shape index (κ2) is 8.55. The molecule has 1 saturated heterocycles. The molecule has 0 N–H and O–H groups in total. The smallest absolute Gasteiger partial charge is 0.233 e. The van der Waals surface area contributed by atoms with Gasteiger partial charge < -0.3 is 9.64 Å². The molecular formula is C21H28N2O4. The number of benzene rings is 1. The Balaban J connectivity index is 1.44. The minimum Gasteiger partial charge on any atom is -0.491 e. The molecule has 2 aliphatic rings. The van der Waals surface area contributed by atoms with Crippen molar-refractivity contribution < 1.29 is 19.1 Å². The molecule has 2 atom stereocenters. The zero-order chi connectivity index (χ0) is 19.4. The van der Waals surface area contributed by atoms with Crippen LogP contribution in [0.25, 0.3) is 0 Å². The standard InChI is InChI=1S/C21H28N2O4/c1-15-7-3-6-10-18(15)27-14-13-22(2)19(24)11-12-23-20(25)16-8-4-5-9-17(16)21(23)26/h3,6-7,10,16-17H,4-5,8-9,11-14H2,1-2H3. The zero-order valence-electron chi connectivity index (χ0n) is 16.1.